The minimum Gasteiger partial charge on any atom is -0.369 e. The van der Waals surface area contributed by atoms with Gasteiger partial charge in [0.1, 0.15) is 6.04 Å². The van der Waals surface area contributed by atoms with Crippen molar-refractivity contribution < 1.29 is 9.59 Å². The molecule has 10 heteroatoms. The number of nitrogens with one attached hydrogen (secondary N) is 3. The lowest BCUT2D eigenvalue weighted by Gasteiger charge is -2.07. The van der Waals surface area contributed by atoms with E-state index in [-0.39, 0.29) is 18.3 Å². The summed E-state index contributed by atoms with van der Waals surface area (Å²) in [4.78, 5) is 32.5. The van der Waals surface area contributed by atoms with Crippen molar-refractivity contribution in [2.45, 2.75) is 19.4 Å². The van der Waals surface area contributed by atoms with Gasteiger partial charge in [-0.15, -0.1) is 0 Å². The van der Waals surface area contributed by atoms with E-state index < -0.39 is 17.9 Å². The van der Waals surface area contributed by atoms with Crippen molar-refractivity contribution in [1.82, 2.24) is 5.32 Å². The highest BCUT2D eigenvalue weighted by atomic mass is 35.5. The number of nitrogens with two attached hydrogens (primary N) is 1. The monoisotopic (exact) mass is 432 g/mol. The van der Waals surface area contributed by atoms with Crippen molar-refractivity contribution in [3.05, 3.63) is 58.1 Å². The summed E-state index contributed by atoms with van der Waals surface area (Å²) in [6.45, 7) is 1.95. The predicted molar refractivity (Wildman–Crippen MR) is 115 cm³/mol. The molecule has 0 saturated heterocycles. The first-order valence-electron chi connectivity index (χ1n) is 8.61. The van der Waals surface area contributed by atoms with Crippen LogP contribution in [-0.2, 0) is 9.59 Å². The highest BCUT2D eigenvalue weighted by molar-refractivity contribution is 6.35. The molecule has 1 atom stereocenters. The van der Waals surface area contributed by atoms with Gasteiger partial charge in [-0.05, 0) is 42.8 Å². The molecule has 2 aromatic rings. The molecule has 0 aliphatic carbocycles. The quantitative estimate of drug-likeness (QED) is 0.438. The molecular formula is C19H18Cl2N6O2. The topological polar surface area (TPSA) is 121 Å². The van der Waals surface area contributed by atoms with Crippen LogP contribution in [0.4, 0.5) is 11.4 Å². The van der Waals surface area contributed by atoms with Crippen LogP contribution < -0.4 is 21.7 Å². The summed E-state index contributed by atoms with van der Waals surface area (Å²) in [5, 5.41) is 8.82. The summed E-state index contributed by atoms with van der Waals surface area (Å²) in [6, 6.07) is 11.3. The lowest BCUT2D eigenvalue weighted by Crippen LogP contribution is -2.32. The molecule has 1 heterocycles. The van der Waals surface area contributed by atoms with Gasteiger partial charge in [-0.25, -0.2) is 4.99 Å². The van der Waals surface area contributed by atoms with Crippen molar-refractivity contribution >= 4 is 58.3 Å². The number of halogens is 2. The van der Waals surface area contributed by atoms with E-state index in [1.54, 1.807) is 18.2 Å². The van der Waals surface area contributed by atoms with Crippen molar-refractivity contribution in [2.24, 2.45) is 15.7 Å². The first kappa shape index (κ1) is 20.6. The summed E-state index contributed by atoms with van der Waals surface area (Å²) in [5.41, 5.74) is 8.10. The number of carbonyl (C=O) groups is 2. The second-order valence-electron chi connectivity index (χ2n) is 6.36. The van der Waals surface area contributed by atoms with Gasteiger partial charge >= 0.3 is 0 Å². The smallest absolute Gasteiger partial charge is 0.252 e. The number of rotatable bonds is 4. The van der Waals surface area contributed by atoms with Crippen LogP contribution in [-0.4, -0.2) is 29.8 Å². The van der Waals surface area contributed by atoms with Crippen molar-refractivity contribution in [1.29, 1.82) is 0 Å². The minimum absolute atomic E-state index is 0.0382. The fourth-order valence-corrected chi connectivity index (χ4v) is 3.18. The van der Waals surface area contributed by atoms with E-state index in [1.807, 2.05) is 31.2 Å². The van der Waals surface area contributed by atoms with Gasteiger partial charge in [-0.1, -0.05) is 35.3 Å². The Morgan fingerprint density at radius 2 is 1.90 bits per heavy atom. The van der Waals surface area contributed by atoms with E-state index in [0.29, 0.717) is 15.7 Å². The maximum absolute atomic E-state index is 12.2. The number of hydrogen-bond donors (Lipinski definition) is 4. The van der Waals surface area contributed by atoms with Gasteiger partial charge in [-0.3, -0.25) is 14.9 Å². The van der Waals surface area contributed by atoms with E-state index >= 15 is 0 Å². The molecule has 8 nitrogen and oxygen atoms in total. The third-order valence-electron chi connectivity index (χ3n) is 3.86. The molecule has 2 amide bonds. The molecule has 2 aromatic carbocycles. The molecule has 1 aliphatic heterocycles. The lowest BCUT2D eigenvalue weighted by molar-refractivity contribution is -0.123. The number of aryl methyl sites for hydroxylation is 1. The summed E-state index contributed by atoms with van der Waals surface area (Å²) in [7, 11) is 0. The Hall–Kier alpha value is -3.10. The molecule has 1 unspecified atom stereocenters. The van der Waals surface area contributed by atoms with E-state index in [2.05, 4.69) is 25.9 Å². The number of benzene rings is 2. The zero-order valence-electron chi connectivity index (χ0n) is 15.4. The summed E-state index contributed by atoms with van der Waals surface area (Å²) in [5.74, 6) is -0.751. The van der Waals surface area contributed by atoms with Crippen molar-refractivity contribution in [2.75, 3.05) is 10.6 Å². The SMILES string of the molecule is Cc1cccc(N/C(N)=N/C2=NC(CC(=O)Nc3cc(Cl)cc(Cl)c3)C(=O)N2)c1. The van der Waals surface area contributed by atoms with Crippen LogP contribution in [0.2, 0.25) is 10.0 Å². The molecule has 1 aliphatic rings. The Bertz CT molecular complexity index is 1000. The molecule has 0 fully saturated rings. The molecule has 0 radical (unpaired) electrons. The molecule has 29 heavy (non-hydrogen) atoms. The Morgan fingerprint density at radius 1 is 1.17 bits per heavy atom. The lowest BCUT2D eigenvalue weighted by atomic mass is 10.2. The maximum Gasteiger partial charge on any atom is 0.252 e. The van der Waals surface area contributed by atoms with Gasteiger partial charge in [0.2, 0.25) is 17.8 Å². The first-order valence-corrected chi connectivity index (χ1v) is 9.36. The normalized spacial score (nSPS) is 16.2. The van der Waals surface area contributed by atoms with E-state index in [9.17, 15) is 9.59 Å². The van der Waals surface area contributed by atoms with Gasteiger partial charge in [0, 0.05) is 21.4 Å². The number of nitrogens with zero attached hydrogens (tertiary/aromatic N) is 2. The maximum atomic E-state index is 12.2. The molecule has 0 aromatic heterocycles. The summed E-state index contributed by atoms with van der Waals surface area (Å²) in [6.07, 6.45) is -0.166. The van der Waals surface area contributed by atoms with Crippen LogP contribution in [0, 0.1) is 6.92 Å². The average Bonchev–Trinajstić information content (AvgIpc) is 2.92. The minimum atomic E-state index is -0.907. The molecule has 0 spiro atoms. The second-order valence-corrected chi connectivity index (χ2v) is 7.23. The number of carbonyl (C=O) groups excluding carboxylic acids is 2. The van der Waals surface area contributed by atoms with Crippen molar-refractivity contribution in [3.8, 4) is 0 Å². The number of anilines is 2. The Kier molecular flexibility index (Phi) is 6.36. The zero-order valence-corrected chi connectivity index (χ0v) is 16.9. The van der Waals surface area contributed by atoms with Crippen molar-refractivity contribution in [3.63, 3.8) is 0 Å². The largest absolute Gasteiger partial charge is 0.369 e. The standard InChI is InChI=1S/C19H18Cl2N6O2/c1-10-3-2-4-13(5-10)24-18(22)27-19-25-15(17(29)26-19)9-16(28)23-14-7-11(20)6-12(21)8-14/h2-8,15H,9H2,1H3,(H,23,28)(H4,22,24,25,26,27,29). The molecule has 150 valence electrons. The number of amides is 2. The van der Waals surface area contributed by atoms with Crippen LogP contribution in [0.3, 0.4) is 0 Å². The second kappa shape index (κ2) is 8.93. The molecule has 0 saturated carbocycles. The van der Waals surface area contributed by atoms with Crippen LogP contribution in [0.5, 0.6) is 0 Å². The van der Waals surface area contributed by atoms with Gasteiger partial charge in [0.25, 0.3) is 5.91 Å². The third kappa shape index (κ3) is 5.94. The average molecular weight is 433 g/mol. The van der Waals surface area contributed by atoms with Gasteiger partial charge in [0.05, 0.1) is 6.42 Å². The molecule has 0 bridgehead atoms. The van der Waals surface area contributed by atoms with Gasteiger partial charge in [0.15, 0.2) is 0 Å². The molecule has 5 N–H and O–H groups in total. The van der Waals surface area contributed by atoms with Crippen LogP contribution in [0.25, 0.3) is 0 Å². The van der Waals surface area contributed by atoms with Crippen LogP contribution >= 0.6 is 23.2 Å². The summed E-state index contributed by atoms with van der Waals surface area (Å²) < 4.78 is 0. The molecule has 3 rings (SSSR count). The van der Waals surface area contributed by atoms with Gasteiger partial charge in [-0.2, -0.15) is 4.99 Å². The first-order chi connectivity index (χ1) is 13.8. The third-order valence-corrected chi connectivity index (χ3v) is 4.29. The van der Waals surface area contributed by atoms with Gasteiger partial charge < -0.3 is 16.4 Å². The van der Waals surface area contributed by atoms with E-state index in [4.69, 9.17) is 28.9 Å². The highest BCUT2D eigenvalue weighted by Crippen LogP contribution is 2.22. The predicted octanol–water partition coefficient (Wildman–Crippen LogP) is 2.91. The summed E-state index contributed by atoms with van der Waals surface area (Å²) >= 11 is 11.8. The fraction of sp³-hybridized carbons (Fsp3) is 0.158. The van der Waals surface area contributed by atoms with E-state index in [0.717, 1.165) is 11.3 Å². The fourth-order valence-electron chi connectivity index (χ4n) is 2.65. The zero-order chi connectivity index (χ0) is 21.0. The molecular weight excluding hydrogens is 415 g/mol. The van der Waals surface area contributed by atoms with Crippen LogP contribution in [0.1, 0.15) is 12.0 Å². The number of aliphatic imine (C=N–C) groups is 2. The highest BCUT2D eigenvalue weighted by Gasteiger charge is 2.28. The Morgan fingerprint density at radius 3 is 2.59 bits per heavy atom. The van der Waals surface area contributed by atoms with E-state index in [1.165, 1.54) is 0 Å². The van der Waals surface area contributed by atoms with Crippen LogP contribution in [0.15, 0.2) is 52.4 Å². The Balaban J connectivity index is 1.62. The number of hydrogen-bond acceptors (Lipinski definition) is 4. The Labute approximate surface area is 177 Å². The number of guanidine groups is 2.